The first-order valence-corrected chi connectivity index (χ1v) is 13.9. The first-order chi connectivity index (χ1) is 16.4. The highest BCUT2D eigenvalue weighted by atomic mass is 35.5. The van der Waals surface area contributed by atoms with Gasteiger partial charge in [0.2, 0.25) is 10.0 Å². The molecule has 1 aromatic carbocycles. The molecule has 1 saturated carbocycles. The number of nitrogens with zero attached hydrogens (tertiary/aromatic N) is 3. The molecule has 0 radical (unpaired) electrons. The van der Waals surface area contributed by atoms with E-state index in [9.17, 15) is 13.2 Å². The van der Waals surface area contributed by atoms with Crippen LogP contribution in [-0.4, -0.2) is 55.4 Å². The number of hydrogen-bond donors (Lipinski definition) is 1. The summed E-state index contributed by atoms with van der Waals surface area (Å²) in [5, 5.41) is 7.72. The molecule has 2 aromatic rings. The zero-order chi connectivity index (χ0) is 23.7. The minimum Gasteiger partial charge on any atom is -0.382 e. The summed E-state index contributed by atoms with van der Waals surface area (Å²) in [6.45, 7) is 2.88. The molecule has 1 aliphatic carbocycles. The molecule has 1 aromatic heterocycles. The van der Waals surface area contributed by atoms with Crippen molar-refractivity contribution in [1.29, 1.82) is 0 Å². The Kier molecular flexibility index (Phi) is 6.97. The molecule has 2 aliphatic heterocycles. The summed E-state index contributed by atoms with van der Waals surface area (Å²) in [5.41, 5.74) is 1.40. The Balaban J connectivity index is 1.21. The summed E-state index contributed by atoms with van der Waals surface area (Å²) < 4.78 is 34.6. The Hall–Kier alpha value is -1.94. The lowest BCUT2D eigenvalue weighted by molar-refractivity contribution is 0.0595. The summed E-state index contributed by atoms with van der Waals surface area (Å²) >= 11 is 6.38. The summed E-state index contributed by atoms with van der Waals surface area (Å²) in [7, 11) is -3.55. The van der Waals surface area contributed by atoms with Crippen LogP contribution in [0.15, 0.2) is 40.2 Å². The zero-order valence-electron chi connectivity index (χ0n) is 19.2. The van der Waals surface area contributed by atoms with E-state index in [1.54, 1.807) is 18.3 Å². The normalized spacial score (nSPS) is 22.6. The Morgan fingerprint density at radius 3 is 2.47 bits per heavy atom. The van der Waals surface area contributed by atoms with E-state index < -0.39 is 10.0 Å². The van der Waals surface area contributed by atoms with Gasteiger partial charge in [-0.05, 0) is 68.1 Å². The predicted octanol–water partition coefficient (Wildman–Crippen LogP) is 3.64. The standard InChI is InChI=1S/C24H31ClN4O4S/c25-23-22(26-14-17-2-1-13-33-16-17)15-27-29(24(23)30)20-9-11-28(12-10-20)34(31,32)21-7-5-19(6-8-21)18-3-4-18/h5-8,15,17-18,20,26H,1-4,9-14,16H2/t17-/m1/s1. The third kappa shape index (κ3) is 5.03. The third-order valence-corrected chi connectivity index (χ3v) is 9.39. The second kappa shape index (κ2) is 9.97. The van der Waals surface area contributed by atoms with Gasteiger partial charge in [-0.1, -0.05) is 23.7 Å². The molecule has 5 rings (SSSR count). The van der Waals surface area contributed by atoms with E-state index in [0.717, 1.165) is 19.4 Å². The molecule has 3 fully saturated rings. The van der Waals surface area contributed by atoms with E-state index in [-0.39, 0.29) is 16.6 Å². The molecule has 0 unspecified atom stereocenters. The fourth-order valence-electron chi connectivity index (χ4n) is 4.86. The van der Waals surface area contributed by atoms with Crippen LogP contribution in [0.25, 0.3) is 0 Å². The summed E-state index contributed by atoms with van der Waals surface area (Å²) in [5.74, 6) is 0.983. The molecule has 3 aliphatic rings. The molecular weight excluding hydrogens is 476 g/mol. The molecule has 3 heterocycles. The van der Waals surface area contributed by atoms with Crippen molar-refractivity contribution in [2.45, 2.75) is 55.4 Å². The number of aromatic nitrogens is 2. The molecule has 8 nitrogen and oxygen atoms in total. The van der Waals surface area contributed by atoms with Crippen molar-refractivity contribution in [3.63, 3.8) is 0 Å². The van der Waals surface area contributed by atoms with Crippen LogP contribution in [0.5, 0.6) is 0 Å². The van der Waals surface area contributed by atoms with E-state index >= 15 is 0 Å². The zero-order valence-corrected chi connectivity index (χ0v) is 20.7. The molecule has 0 amide bonds. The van der Waals surface area contributed by atoms with Gasteiger partial charge in [0.15, 0.2) is 0 Å². The Morgan fingerprint density at radius 1 is 1.09 bits per heavy atom. The number of anilines is 1. The van der Waals surface area contributed by atoms with Gasteiger partial charge in [-0.25, -0.2) is 13.1 Å². The van der Waals surface area contributed by atoms with Gasteiger partial charge in [-0.3, -0.25) is 4.79 Å². The average Bonchev–Trinajstić information content (AvgIpc) is 3.72. The molecule has 0 bridgehead atoms. The van der Waals surface area contributed by atoms with Crippen molar-refractivity contribution >= 4 is 27.3 Å². The first-order valence-electron chi connectivity index (χ1n) is 12.1. The fourth-order valence-corrected chi connectivity index (χ4v) is 6.53. The van der Waals surface area contributed by atoms with E-state index in [1.807, 2.05) is 12.1 Å². The van der Waals surface area contributed by atoms with Crippen LogP contribution in [0, 0.1) is 5.92 Å². The Labute approximate surface area is 205 Å². The van der Waals surface area contributed by atoms with E-state index in [4.69, 9.17) is 16.3 Å². The number of sulfonamides is 1. The second-order valence-corrected chi connectivity index (χ2v) is 11.9. The second-order valence-electron chi connectivity index (χ2n) is 9.56. The first kappa shape index (κ1) is 23.8. The minimum absolute atomic E-state index is 0.123. The van der Waals surface area contributed by atoms with Gasteiger partial charge in [0, 0.05) is 26.2 Å². The summed E-state index contributed by atoms with van der Waals surface area (Å²) in [6, 6.07) is 7.10. The van der Waals surface area contributed by atoms with Crippen molar-refractivity contribution in [1.82, 2.24) is 14.1 Å². The Morgan fingerprint density at radius 2 is 1.82 bits per heavy atom. The van der Waals surface area contributed by atoms with Gasteiger partial charge in [0.1, 0.15) is 5.02 Å². The van der Waals surface area contributed by atoms with Crippen LogP contribution in [0.2, 0.25) is 5.02 Å². The van der Waals surface area contributed by atoms with Crippen LogP contribution >= 0.6 is 11.6 Å². The van der Waals surface area contributed by atoms with Gasteiger partial charge >= 0.3 is 0 Å². The lowest BCUT2D eigenvalue weighted by Crippen LogP contribution is -2.41. The van der Waals surface area contributed by atoms with Gasteiger partial charge in [0.25, 0.3) is 5.56 Å². The van der Waals surface area contributed by atoms with Crippen molar-refractivity contribution in [2.75, 3.05) is 38.2 Å². The predicted molar refractivity (Wildman–Crippen MR) is 131 cm³/mol. The van der Waals surface area contributed by atoms with Gasteiger partial charge < -0.3 is 10.1 Å². The summed E-state index contributed by atoms with van der Waals surface area (Å²) in [4.78, 5) is 13.2. The van der Waals surface area contributed by atoms with E-state index in [2.05, 4.69) is 10.4 Å². The number of nitrogens with one attached hydrogen (secondary N) is 1. The highest BCUT2D eigenvalue weighted by Gasteiger charge is 2.32. The molecule has 2 saturated heterocycles. The molecule has 1 N–H and O–H groups in total. The lowest BCUT2D eigenvalue weighted by Gasteiger charge is -2.31. The quantitative estimate of drug-likeness (QED) is 0.616. The maximum absolute atomic E-state index is 13.1. The molecule has 0 spiro atoms. The van der Waals surface area contributed by atoms with Crippen LogP contribution in [0.4, 0.5) is 5.69 Å². The lowest BCUT2D eigenvalue weighted by atomic mass is 10.0. The van der Waals surface area contributed by atoms with Gasteiger partial charge in [-0.15, -0.1) is 0 Å². The van der Waals surface area contributed by atoms with Crippen molar-refractivity contribution < 1.29 is 13.2 Å². The molecular formula is C24H31ClN4O4S. The van der Waals surface area contributed by atoms with Crippen LogP contribution in [0.1, 0.15) is 56.0 Å². The van der Waals surface area contributed by atoms with E-state index in [1.165, 1.54) is 27.4 Å². The fraction of sp³-hybridized carbons (Fsp3) is 0.583. The SMILES string of the molecule is O=c1c(Cl)c(NC[C@H]2CCCOC2)cnn1C1CCN(S(=O)(=O)c2ccc(C3CC3)cc2)CC1. The van der Waals surface area contributed by atoms with Gasteiger partial charge in [-0.2, -0.15) is 9.40 Å². The smallest absolute Gasteiger partial charge is 0.287 e. The monoisotopic (exact) mass is 506 g/mol. The number of hydrogen-bond acceptors (Lipinski definition) is 6. The number of ether oxygens (including phenoxy) is 1. The van der Waals surface area contributed by atoms with Crippen molar-refractivity contribution in [2.24, 2.45) is 5.92 Å². The molecule has 10 heteroatoms. The maximum Gasteiger partial charge on any atom is 0.287 e. The number of halogens is 1. The number of rotatable bonds is 7. The third-order valence-electron chi connectivity index (χ3n) is 7.12. The largest absolute Gasteiger partial charge is 0.382 e. The maximum atomic E-state index is 13.1. The molecule has 1 atom stereocenters. The van der Waals surface area contributed by atoms with Crippen molar-refractivity contribution in [3.05, 3.63) is 51.4 Å². The van der Waals surface area contributed by atoms with E-state index in [0.29, 0.717) is 61.5 Å². The molecule has 34 heavy (non-hydrogen) atoms. The molecule has 184 valence electrons. The van der Waals surface area contributed by atoms with Crippen molar-refractivity contribution in [3.8, 4) is 0 Å². The topological polar surface area (TPSA) is 93.5 Å². The Bertz CT molecular complexity index is 1170. The highest BCUT2D eigenvalue weighted by Crippen LogP contribution is 2.40. The number of piperidine rings is 1. The van der Waals surface area contributed by atoms with Crippen LogP contribution < -0.4 is 10.9 Å². The number of benzene rings is 1. The highest BCUT2D eigenvalue weighted by molar-refractivity contribution is 7.89. The van der Waals surface area contributed by atoms with Crippen LogP contribution in [-0.2, 0) is 14.8 Å². The minimum atomic E-state index is -3.55. The van der Waals surface area contributed by atoms with Crippen LogP contribution in [0.3, 0.4) is 0 Å². The van der Waals surface area contributed by atoms with Gasteiger partial charge in [0.05, 0.1) is 29.4 Å². The average molecular weight is 507 g/mol. The summed E-state index contributed by atoms with van der Waals surface area (Å²) in [6.07, 6.45) is 7.11.